The van der Waals surface area contributed by atoms with Gasteiger partial charge in [-0.2, -0.15) is 5.10 Å². The Morgan fingerprint density at radius 3 is 2.96 bits per heavy atom. The second-order valence-corrected chi connectivity index (χ2v) is 7.07. The minimum atomic E-state index is -0.270. The van der Waals surface area contributed by atoms with Gasteiger partial charge in [0.2, 0.25) is 0 Å². The topological polar surface area (TPSA) is 85.3 Å². The SMILES string of the molecule is Cc1c(/C=N\NC(=O)c2ccc3nc(N)sc3c2)c2ccccc2n1C. The van der Waals surface area contributed by atoms with Crippen molar-refractivity contribution in [2.45, 2.75) is 6.92 Å². The van der Waals surface area contributed by atoms with E-state index in [9.17, 15) is 4.79 Å². The van der Waals surface area contributed by atoms with Crippen LogP contribution in [0.1, 0.15) is 21.6 Å². The smallest absolute Gasteiger partial charge is 0.271 e. The number of amides is 1. The fourth-order valence-corrected chi connectivity index (χ4v) is 3.79. The number of anilines is 1. The van der Waals surface area contributed by atoms with Crippen LogP contribution in [0.2, 0.25) is 0 Å². The maximum Gasteiger partial charge on any atom is 0.271 e. The zero-order chi connectivity index (χ0) is 18.3. The molecule has 130 valence electrons. The number of aryl methyl sites for hydroxylation is 1. The minimum absolute atomic E-state index is 0.270. The minimum Gasteiger partial charge on any atom is -0.375 e. The first-order chi connectivity index (χ1) is 12.5. The van der Waals surface area contributed by atoms with E-state index in [1.165, 1.54) is 11.3 Å². The first-order valence-corrected chi connectivity index (χ1v) is 8.90. The molecule has 2 aromatic heterocycles. The van der Waals surface area contributed by atoms with E-state index >= 15 is 0 Å². The predicted octanol–water partition coefficient (Wildman–Crippen LogP) is 3.44. The monoisotopic (exact) mass is 363 g/mol. The van der Waals surface area contributed by atoms with Crippen molar-refractivity contribution in [2.24, 2.45) is 12.1 Å². The second-order valence-electron chi connectivity index (χ2n) is 6.01. The quantitative estimate of drug-likeness (QED) is 0.432. The predicted molar refractivity (Wildman–Crippen MR) is 107 cm³/mol. The van der Waals surface area contributed by atoms with Crippen LogP contribution in [0.5, 0.6) is 0 Å². The number of hydrogen-bond donors (Lipinski definition) is 2. The Bertz CT molecular complexity index is 1170. The van der Waals surface area contributed by atoms with Gasteiger partial charge >= 0.3 is 0 Å². The highest BCUT2D eigenvalue weighted by molar-refractivity contribution is 7.22. The van der Waals surface area contributed by atoms with Crippen molar-refractivity contribution in [3.8, 4) is 0 Å². The average molecular weight is 363 g/mol. The van der Waals surface area contributed by atoms with Gasteiger partial charge in [0.1, 0.15) is 0 Å². The van der Waals surface area contributed by atoms with Gasteiger partial charge in [0.25, 0.3) is 5.91 Å². The highest BCUT2D eigenvalue weighted by atomic mass is 32.1. The summed E-state index contributed by atoms with van der Waals surface area (Å²) in [6.45, 7) is 2.03. The Morgan fingerprint density at radius 2 is 2.12 bits per heavy atom. The van der Waals surface area contributed by atoms with Crippen molar-refractivity contribution in [1.29, 1.82) is 0 Å². The molecule has 4 aromatic rings. The van der Waals surface area contributed by atoms with E-state index < -0.39 is 0 Å². The molecule has 2 heterocycles. The van der Waals surface area contributed by atoms with E-state index in [4.69, 9.17) is 5.73 Å². The highest BCUT2D eigenvalue weighted by Crippen LogP contribution is 2.25. The Morgan fingerprint density at radius 1 is 1.31 bits per heavy atom. The number of nitrogens with zero attached hydrogens (tertiary/aromatic N) is 3. The maximum atomic E-state index is 12.4. The molecule has 0 saturated carbocycles. The van der Waals surface area contributed by atoms with Crippen LogP contribution in [0.25, 0.3) is 21.1 Å². The van der Waals surface area contributed by atoms with Gasteiger partial charge in [-0.1, -0.05) is 29.5 Å². The normalized spacial score (nSPS) is 11.6. The molecule has 4 rings (SSSR count). The lowest BCUT2D eigenvalue weighted by Crippen LogP contribution is -2.17. The van der Waals surface area contributed by atoms with Gasteiger partial charge in [0, 0.05) is 34.8 Å². The Labute approximate surface area is 154 Å². The molecule has 26 heavy (non-hydrogen) atoms. The summed E-state index contributed by atoms with van der Waals surface area (Å²) >= 11 is 1.36. The van der Waals surface area contributed by atoms with Crippen molar-refractivity contribution in [3.05, 3.63) is 59.3 Å². The standard InChI is InChI=1S/C19H17N5OS/c1-11-14(13-5-3-4-6-16(13)24(11)2)10-21-23-18(25)12-7-8-15-17(9-12)26-19(20)22-15/h3-10H,1-2H3,(H2,20,22)(H,23,25)/b21-10-. The Kier molecular flexibility index (Phi) is 3.93. The van der Waals surface area contributed by atoms with Crippen molar-refractivity contribution >= 4 is 49.7 Å². The van der Waals surface area contributed by atoms with Crippen molar-refractivity contribution in [3.63, 3.8) is 0 Å². The van der Waals surface area contributed by atoms with Crippen LogP contribution in [0.3, 0.4) is 0 Å². The molecular weight excluding hydrogens is 346 g/mol. The number of rotatable bonds is 3. The molecular formula is C19H17N5OS. The number of thiazole rings is 1. The van der Waals surface area contributed by atoms with Gasteiger partial charge in [-0.15, -0.1) is 0 Å². The number of carbonyl (C=O) groups is 1. The first-order valence-electron chi connectivity index (χ1n) is 8.08. The van der Waals surface area contributed by atoms with E-state index in [1.807, 2.05) is 32.2 Å². The highest BCUT2D eigenvalue weighted by Gasteiger charge is 2.10. The Hall–Kier alpha value is -3.19. The third-order valence-electron chi connectivity index (χ3n) is 4.48. The van der Waals surface area contributed by atoms with E-state index in [0.717, 1.165) is 32.4 Å². The zero-order valence-corrected chi connectivity index (χ0v) is 15.2. The van der Waals surface area contributed by atoms with Gasteiger partial charge in [-0.25, -0.2) is 10.4 Å². The molecule has 0 fully saturated rings. The van der Waals surface area contributed by atoms with Crippen LogP contribution in [0, 0.1) is 6.92 Å². The lowest BCUT2D eigenvalue weighted by atomic mass is 10.1. The molecule has 0 radical (unpaired) electrons. The molecule has 0 bridgehead atoms. The summed E-state index contributed by atoms with van der Waals surface area (Å²) in [6, 6.07) is 13.4. The number of nitrogens with one attached hydrogen (secondary N) is 1. The Balaban J connectivity index is 1.58. The zero-order valence-electron chi connectivity index (χ0n) is 14.4. The molecule has 0 unspecified atom stereocenters. The molecule has 3 N–H and O–H groups in total. The number of nitrogen functional groups attached to an aromatic ring is 1. The largest absolute Gasteiger partial charge is 0.375 e. The van der Waals surface area contributed by atoms with Crippen LogP contribution < -0.4 is 11.2 Å². The molecule has 7 heteroatoms. The third-order valence-corrected chi connectivity index (χ3v) is 5.32. The average Bonchev–Trinajstić information content (AvgIpc) is 3.13. The molecule has 6 nitrogen and oxygen atoms in total. The number of hydrogen-bond acceptors (Lipinski definition) is 5. The lowest BCUT2D eigenvalue weighted by Gasteiger charge is -2.00. The first kappa shape index (κ1) is 16.3. The van der Waals surface area contributed by atoms with Crippen molar-refractivity contribution < 1.29 is 4.79 Å². The second kappa shape index (κ2) is 6.27. The van der Waals surface area contributed by atoms with E-state index in [1.54, 1.807) is 24.4 Å². The summed E-state index contributed by atoms with van der Waals surface area (Å²) in [5.41, 5.74) is 12.8. The molecule has 0 aliphatic carbocycles. The number of carbonyl (C=O) groups excluding carboxylic acids is 1. The van der Waals surface area contributed by atoms with Gasteiger partial charge in [0.15, 0.2) is 5.13 Å². The summed E-state index contributed by atoms with van der Waals surface area (Å²) in [7, 11) is 2.02. The molecule has 2 aromatic carbocycles. The van der Waals surface area contributed by atoms with Gasteiger partial charge in [0.05, 0.1) is 16.4 Å². The molecule has 0 spiro atoms. The summed E-state index contributed by atoms with van der Waals surface area (Å²) in [6.07, 6.45) is 1.69. The third kappa shape index (κ3) is 2.72. The number of aromatic nitrogens is 2. The summed E-state index contributed by atoms with van der Waals surface area (Å²) in [5, 5.41) is 5.74. The van der Waals surface area contributed by atoms with Gasteiger partial charge in [-0.3, -0.25) is 4.79 Å². The summed E-state index contributed by atoms with van der Waals surface area (Å²) < 4.78 is 2.99. The van der Waals surface area contributed by atoms with Crippen LogP contribution in [0.4, 0.5) is 5.13 Å². The molecule has 0 aliphatic rings. The lowest BCUT2D eigenvalue weighted by molar-refractivity contribution is 0.0955. The molecule has 0 saturated heterocycles. The van der Waals surface area contributed by atoms with Crippen LogP contribution in [-0.4, -0.2) is 21.7 Å². The van der Waals surface area contributed by atoms with E-state index in [-0.39, 0.29) is 5.91 Å². The van der Waals surface area contributed by atoms with Crippen LogP contribution in [-0.2, 0) is 7.05 Å². The number of fused-ring (bicyclic) bond motifs is 2. The molecule has 0 aliphatic heterocycles. The van der Waals surface area contributed by atoms with Crippen LogP contribution in [0.15, 0.2) is 47.6 Å². The van der Waals surface area contributed by atoms with Gasteiger partial charge < -0.3 is 10.3 Å². The number of para-hydroxylation sites is 1. The maximum absolute atomic E-state index is 12.4. The van der Waals surface area contributed by atoms with E-state index in [0.29, 0.717) is 10.7 Å². The van der Waals surface area contributed by atoms with E-state index in [2.05, 4.69) is 26.1 Å². The number of nitrogens with two attached hydrogens (primary N) is 1. The molecule has 1 amide bonds. The van der Waals surface area contributed by atoms with Crippen LogP contribution >= 0.6 is 11.3 Å². The number of benzene rings is 2. The van der Waals surface area contributed by atoms with Gasteiger partial charge in [-0.05, 0) is 31.2 Å². The summed E-state index contributed by atoms with van der Waals surface area (Å²) in [5.74, 6) is -0.270. The summed E-state index contributed by atoms with van der Waals surface area (Å²) in [4.78, 5) is 16.6. The van der Waals surface area contributed by atoms with Crippen molar-refractivity contribution in [1.82, 2.24) is 15.0 Å². The fraction of sp³-hybridized carbons (Fsp3) is 0.105. The van der Waals surface area contributed by atoms with Crippen molar-refractivity contribution in [2.75, 3.05) is 5.73 Å². The fourth-order valence-electron chi connectivity index (χ4n) is 3.02. The number of hydrazone groups is 1. The molecule has 0 atom stereocenters.